The summed E-state index contributed by atoms with van der Waals surface area (Å²) in [7, 11) is -4.26. The largest absolute Gasteiger partial charge is 0.457 e. The molecule has 0 spiro atoms. The summed E-state index contributed by atoms with van der Waals surface area (Å²) in [5, 5.41) is 0. The van der Waals surface area contributed by atoms with Gasteiger partial charge in [0.25, 0.3) is 10.1 Å². The summed E-state index contributed by atoms with van der Waals surface area (Å²) in [5.41, 5.74) is 0.849. The monoisotopic (exact) mass is 334 g/mol. The van der Waals surface area contributed by atoms with Gasteiger partial charge in [-0.15, -0.1) is 0 Å². The van der Waals surface area contributed by atoms with Gasteiger partial charge in [-0.2, -0.15) is 8.42 Å². The second-order valence-electron chi connectivity index (χ2n) is 5.51. The van der Waals surface area contributed by atoms with E-state index >= 15 is 0 Å². The summed E-state index contributed by atoms with van der Waals surface area (Å²) < 4.78 is 38.0. The van der Waals surface area contributed by atoms with E-state index in [9.17, 15) is 13.0 Å². The number of para-hydroxylation sites is 1. The fraction of sp³-hybridized carbons (Fsp3) is 0.333. The van der Waals surface area contributed by atoms with Gasteiger partial charge < -0.3 is 4.74 Å². The first-order valence-corrected chi connectivity index (χ1v) is 9.27. The lowest BCUT2D eigenvalue weighted by Gasteiger charge is -2.10. The van der Waals surface area contributed by atoms with Crippen LogP contribution >= 0.6 is 0 Å². The van der Waals surface area contributed by atoms with E-state index in [0.717, 1.165) is 37.7 Å². The van der Waals surface area contributed by atoms with Gasteiger partial charge in [-0.05, 0) is 42.7 Å². The van der Waals surface area contributed by atoms with E-state index in [0.29, 0.717) is 11.5 Å². The Morgan fingerprint density at radius 1 is 0.957 bits per heavy atom. The number of hydrogen-bond acceptors (Lipinski definition) is 3. The zero-order chi connectivity index (χ0) is 16.7. The summed E-state index contributed by atoms with van der Waals surface area (Å²) in [6.45, 7) is 2.14. The molecule has 0 aliphatic carbocycles. The predicted octanol–water partition coefficient (Wildman–Crippen LogP) is 4.85. The van der Waals surface area contributed by atoms with E-state index in [4.69, 9.17) is 4.74 Å². The molecule has 0 unspecified atom stereocenters. The minimum Gasteiger partial charge on any atom is -0.457 e. The zero-order valence-corrected chi connectivity index (χ0v) is 14.1. The summed E-state index contributed by atoms with van der Waals surface area (Å²) in [6, 6.07) is 13.8. The van der Waals surface area contributed by atoms with E-state index in [1.54, 1.807) is 12.1 Å². The Balaban J connectivity index is 2.23. The average molecular weight is 334 g/mol. The molecule has 2 aromatic carbocycles. The minimum atomic E-state index is -4.26. The van der Waals surface area contributed by atoms with Crippen LogP contribution in [0.25, 0.3) is 0 Å². The molecule has 0 atom stereocenters. The van der Waals surface area contributed by atoms with Gasteiger partial charge in [0.15, 0.2) is 0 Å². The van der Waals surface area contributed by atoms with Crippen molar-refractivity contribution in [2.24, 2.45) is 0 Å². The van der Waals surface area contributed by atoms with Crippen LogP contribution < -0.4 is 4.74 Å². The highest BCUT2D eigenvalue weighted by Crippen LogP contribution is 2.26. The van der Waals surface area contributed by atoms with Crippen LogP contribution in [0.5, 0.6) is 11.5 Å². The molecular formula is C18H22O4S. The third-order valence-electron chi connectivity index (χ3n) is 3.54. The topological polar surface area (TPSA) is 63.6 Å². The number of benzene rings is 2. The lowest BCUT2D eigenvalue weighted by molar-refractivity contribution is 0.470. The first-order chi connectivity index (χ1) is 11.0. The molecule has 5 heteroatoms. The molecule has 0 saturated heterocycles. The lowest BCUT2D eigenvalue weighted by Crippen LogP contribution is -2.00. The SMILES string of the molecule is CCCCCCc1cc(Oc2ccccc2)cc(S(=O)(=O)O)c1. The van der Waals surface area contributed by atoms with Crippen molar-refractivity contribution in [3.05, 3.63) is 54.1 Å². The van der Waals surface area contributed by atoms with Gasteiger partial charge in [0.1, 0.15) is 11.5 Å². The highest BCUT2D eigenvalue weighted by Gasteiger charge is 2.13. The summed E-state index contributed by atoms with van der Waals surface area (Å²) in [5.74, 6) is 1.04. The molecule has 0 radical (unpaired) electrons. The predicted molar refractivity (Wildman–Crippen MR) is 90.6 cm³/mol. The highest BCUT2D eigenvalue weighted by atomic mass is 32.2. The van der Waals surface area contributed by atoms with E-state index < -0.39 is 10.1 Å². The van der Waals surface area contributed by atoms with Gasteiger partial charge in [0.05, 0.1) is 4.90 Å². The van der Waals surface area contributed by atoms with Gasteiger partial charge in [-0.25, -0.2) is 0 Å². The van der Waals surface area contributed by atoms with Crippen LogP contribution in [0.4, 0.5) is 0 Å². The van der Waals surface area contributed by atoms with Crippen LogP contribution in [0, 0.1) is 0 Å². The van der Waals surface area contributed by atoms with E-state index in [1.807, 2.05) is 24.3 Å². The van der Waals surface area contributed by atoms with Crippen molar-refractivity contribution in [1.82, 2.24) is 0 Å². The van der Waals surface area contributed by atoms with Gasteiger partial charge >= 0.3 is 0 Å². The Hall–Kier alpha value is -1.85. The Kier molecular flexibility index (Phi) is 6.19. The molecule has 0 aromatic heterocycles. The summed E-state index contributed by atoms with van der Waals surface area (Å²) >= 11 is 0. The molecule has 124 valence electrons. The average Bonchev–Trinajstić information content (AvgIpc) is 2.51. The maximum atomic E-state index is 11.5. The van der Waals surface area contributed by atoms with Gasteiger partial charge in [-0.3, -0.25) is 4.55 Å². The Bertz CT molecular complexity index is 724. The number of unbranched alkanes of at least 4 members (excludes halogenated alkanes) is 3. The summed E-state index contributed by atoms with van der Waals surface area (Å²) in [4.78, 5) is -0.128. The first-order valence-electron chi connectivity index (χ1n) is 7.83. The maximum absolute atomic E-state index is 11.5. The van der Waals surface area contributed by atoms with Crippen LogP contribution in [0.3, 0.4) is 0 Å². The van der Waals surface area contributed by atoms with Crippen LogP contribution in [0.15, 0.2) is 53.4 Å². The third-order valence-corrected chi connectivity index (χ3v) is 4.37. The van der Waals surface area contributed by atoms with Gasteiger partial charge in [0.2, 0.25) is 0 Å². The van der Waals surface area contributed by atoms with Crippen LogP contribution in [-0.2, 0) is 16.5 Å². The number of rotatable bonds is 8. The van der Waals surface area contributed by atoms with Crippen LogP contribution in [0.2, 0.25) is 0 Å². The van der Waals surface area contributed by atoms with Crippen molar-refractivity contribution in [2.75, 3.05) is 0 Å². The molecule has 23 heavy (non-hydrogen) atoms. The Morgan fingerprint density at radius 2 is 1.70 bits per heavy atom. The van der Waals surface area contributed by atoms with Crippen molar-refractivity contribution in [3.63, 3.8) is 0 Å². The fourth-order valence-electron chi connectivity index (χ4n) is 2.36. The quantitative estimate of drug-likeness (QED) is 0.554. The number of hydrogen-bond donors (Lipinski definition) is 1. The molecule has 0 saturated carbocycles. The third kappa shape index (κ3) is 5.69. The molecule has 0 heterocycles. The molecule has 0 aliphatic rings. The second kappa shape index (κ2) is 8.13. The maximum Gasteiger partial charge on any atom is 0.294 e. The van der Waals surface area contributed by atoms with Crippen molar-refractivity contribution in [1.29, 1.82) is 0 Å². The first kappa shape index (κ1) is 17.5. The fourth-order valence-corrected chi connectivity index (χ4v) is 2.93. The lowest BCUT2D eigenvalue weighted by atomic mass is 10.1. The standard InChI is InChI=1S/C18H22O4S/c1-2-3-4-6-9-15-12-17(14-18(13-15)23(19,20)21)22-16-10-7-5-8-11-16/h5,7-8,10-14H,2-4,6,9H2,1H3,(H,19,20,21). The molecule has 0 amide bonds. The molecule has 2 rings (SSSR count). The van der Waals surface area contributed by atoms with Crippen molar-refractivity contribution in [3.8, 4) is 11.5 Å². The van der Waals surface area contributed by atoms with Crippen LogP contribution in [0.1, 0.15) is 38.2 Å². The van der Waals surface area contributed by atoms with Gasteiger partial charge in [0, 0.05) is 6.07 Å². The smallest absolute Gasteiger partial charge is 0.294 e. The highest BCUT2D eigenvalue weighted by molar-refractivity contribution is 7.85. The van der Waals surface area contributed by atoms with Crippen LogP contribution in [-0.4, -0.2) is 13.0 Å². The van der Waals surface area contributed by atoms with E-state index in [2.05, 4.69) is 6.92 Å². The van der Waals surface area contributed by atoms with Crippen molar-refractivity contribution >= 4 is 10.1 Å². The zero-order valence-electron chi connectivity index (χ0n) is 13.2. The van der Waals surface area contributed by atoms with E-state index in [-0.39, 0.29) is 4.90 Å². The molecule has 2 aromatic rings. The molecular weight excluding hydrogens is 312 g/mol. The van der Waals surface area contributed by atoms with Gasteiger partial charge in [-0.1, -0.05) is 44.4 Å². The summed E-state index contributed by atoms with van der Waals surface area (Å²) in [6.07, 6.45) is 5.14. The second-order valence-corrected chi connectivity index (χ2v) is 6.94. The molecule has 0 aliphatic heterocycles. The number of aryl methyl sites for hydroxylation is 1. The Labute approximate surface area is 137 Å². The van der Waals surface area contributed by atoms with Crippen molar-refractivity contribution < 1.29 is 17.7 Å². The molecule has 0 fully saturated rings. The molecule has 1 N–H and O–H groups in total. The molecule has 0 bridgehead atoms. The minimum absolute atomic E-state index is 0.128. The molecule has 4 nitrogen and oxygen atoms in total. The number of ether oxygens (including phenoxy) is 1. The normalized spacial score (nSPS) is 11.4. The Morgan fingerprint density at radius 3 is 2.35 bits per heavy atom. The van der Waals surface area contributed by atoms with Crippen molar-refractivity contribution in [2.45, 2.75) is 43.9 Å². The van der Waals surface area contributed by atoms with E-state index in [1.165, 1.54) is 12.1 Å².